The fraction of sp³-hybridized carbons (Fsp3) is 0.0625. The van der Waals surface area contributed by atoms with Crippen LogP contribution in [0.15, 0.2) is 65.7 Å². The Labute approximate surface area is 132 Å². The van der Waals surface area contributed by atoms with Crippen LogP contribution >= 0.6 is 0 Å². The maximum atomic E-state index is 12.6. The van der Waals surface area contributed by atoms with Crippen molar-refractivity contribution in [2.45, 2.75) is 10.6 Å². The first-order chi connectivity index (χ1) is 11.0. The zero-order valence-electron chi connectivity index (χ0n) is 11.9. The van der Waals surface area contributed by atoms with Crippen molar-refractivity contribution in [1.82, 2.24) is 4.98 Å². The van der Waals surface area contributed by atoms with E-state index in [0.29, 0.717) is 10.9 Å². The van der Waals surface area contributed by atoms with Gasteiger partial charge in [0.15, 0.2) is 9.84 Å². The fourth-order valence-electron chi connectivity index (χ4n) is 2.43. The van der Waals surface area contributed by atoms with Gasteiger partial charge in [-0.05, 0) is 24.3 Å². The number of hydrogen-bond donors (Lipinski definition) is 0. The number of benzene rings is 2. The van der Waals surface area contributed by atoms with E-state index in [-0.39, 0.29) is 16.1 Å². The summed E-state index contributed by atoms with van der Waals surface area (Å²) in [7, 11) is -3.69. The van der Waals surface area contributed by atoms with Crippen molar-refractivity contribution in [3.63, 3.8) is 0 Å². The molecule has 116 valence electrons. The highest BCUT2D eigenvalue weighted by atomic mass is 32.2. The van der Waals surface area contributed by atoms with Crippen LogP contribution in [0.1, 0.15) is 5.56 Å². The third-order valence-corrected chi connectivity index (χ3v) is 5.16. The molecule has 0 unspecified atom stereocenters. The molecule has 0 fully saturated rings. The van der Waals surface area contributed by atoms with Crippen molar-refractivity contribution in [2.24, 2.45) is 0 Å². The third kappa shape index (κ3) is 2.91. The first-order valence-corrected chi connectivity index (χ1v) is 8.43. The predicted molar refractivity (Wildman–Crippen MR) is 85.7 cm³/mol. The summed E-state index contributed by atoms with van der Waals surface area (Å²) >= 11 is 0. The van der Waals surface area contributed by atoms with Crippen molar-refractivity contribution in [3.8, 4) is 0 Å². The number of nitro groups is 1. The van der Waals surface area contributed by atoms with Crippen LogP contribution in [0, 0.1) is 10.1 Å². The Balaban J connectivity index is 2.19. The zero-order chi connectivity index (χ0) is 16.4. The average molecular weight is 328 g/mol. The van der Waals surface area contributed by atoms with E-state index in [4.69, 9.17) is 0 Å². The van der Waals surface area contributed by atoms with Gasteiger partial charge in [0.2, 0.25) is 0 Å². The molecule has 23 heavy (non-hydrogen) atoms. The number of aromatic nitrogens is 1. The maximum absolute atomic E-state index is 12.6. The molecule has 0 saturated heterocycles. The lowest BCUT2D eigenvalue weighted by molar-refractivity contribution is -0.385. The van der Waals surface area contributed by atoms with Crippen LogP contribution in [-0.4, -0.2) is 18.3 Å². The van der Waals surface area contributed by atoms with Gasteiger partial charge in [0.1, 0.15) is 0 Å². The molecular weight excluding hydrogens is 316 g/mol. The Morgan fingerprint density at radius 3 is 2.43 bits per heavy atom. The second-order valence-corrected chi connectivity index (χ2v) is 6.95. The van der Waals surface area contributed by atoms with Crippen molar-refractivity contribution in [1.29, 1.82) is 0 Å². The molecule has 7 heteroatoms. The summed E-state index contributed by atoms with van der Waals surface area (Å²) in [6, 6.07) is 14.0. The summed E-state index contributed by atoms with van der Waals surface area (Å²) < 4.78 is 25.2. The van der Waals surface area contributed by atoms with Crippen LogP contribution in [0.25, 0.3) is 10.9 Å². The molecule has 0 atom stereocenters. The number of rotatable bonds is 4. The summed E-state index contributed by atoms with van der Waals surface area (Å²) in [6.45, 7) is 0. The van der Waals surface area contributed by atoms with Crippen molar-refractivity contribution in [3.05, 3.63) is 76.5 Å². The van der Waals surface area contributed by atoms with Crippen LogP contribution in [0.4, 0.5) is 5.69 Å². The molecule has 3 aromatic rings. The summed E-state index contributed by atoms with van der Waals surface area (Å²) in [5.41, 5.74) is 0.464. The van der Waals surface area contributed by atoms with Crippen LogP contribution in [-0.2, 0) is 15.6 Å². The Morgan fingerprint density at radius 2 is 1.74 bits per heavy atom. The topological polar surface area (TPSA) is 90.2 Å². The Bertz CT molecular complexity index is 985. The van der Waals surface area contributed by atoms with Gasteiger partial charge in [-0.1, -0.05) is 24.3 Å². The molecule has 0 aliphatic heterocycles. The first kappa shape index (κ1) is 15.1. The van der Waals surface area contributed by atoms with Gasteiger partial charge in [0.05, 0.1) is 26.7 Å². The Kier molecular flexibility index (Phi) is 3.79. The van der Waals surface area contributed by atoms with Gasteiger partial charge in [0, 0.05) is 17.6 Å². The monoisotopic (exact) mass is 328 g/mol. The number of sulfone groups is 1. The SMILES string of the molecule is O=[N+]([O-])c1ccc2ncccc2c1CS(=O)(=O)c1ccccc1. The molecule has 0 saturated carbocycles. The summed E-state index contributed by atoms with van der Waals surface area (Å²) in [4.78, 5) is 15.0. The summed E-state index contributed by atoms with van der Waals surface area (Å²) in [6.07, 6.45) is 1.56. The van der Waals surface area contributed by atoms with Crippen LogP contribution < -0.4 is 0 Å². The quantitative estimate of drug-likeness (QED) is 0.542. The molecule has 0 spiro atoms. The molecule has 1 aromatic heterocycles. The lowest BCUT2D eigenvalue weighted by atomic mass is 10.1. The zero-order valence-corrected chi connectivity index (χ0v) is 12.7. The number of fused-ring (bicyclic) bond motifs is 1. The van der Waals surface area contributed by atoms with Gasteiger partial charge in [-0.25, -0.2) is 8.42 Å². The minimum atomic E-state index is -3.69. The van der Waals surface area contributed by atoms with Crippen LogP contribution in [0.5, 0.6) is 0 Å². The number of nitro benzene ring substituents is 1. The normalized spacial score (nSPS) is 11.5. The van der Waals surface area contributed by atoms with Gasteiger partial charge in [-0.2, -0.15) is 0 Å². The van der Waals surface area contributed by atoms with Crippen molar-refractivity contribution >= 4 is 26.4 Å². The fourth-order valence-corrected chi connectivity index (χ4v) is 3.85. The molecule has 0 N–H and O–H groups in total. The Morgan fingerprint density at radius 1 is 1.00 bits per heavy atom. The number of nitrogens with zero attached hydrogens (tertiary/aromatic N) is 2. The van der Waals surface area contributed by atoms with Gasteiger partial charge < -0.3 is 0 Å². The second kappa shape index (κ2) is 5.77. The van der Waals surface area contributed by atoms with E-state index < -0.39 is 20.5 Å². The lowest BCUT2D eigenvalue weighted by Gasteiger charge is -2.08. The van der Waals surface area contributed by atoms with Gasteiger partial charge in [-0.15, -0.1) is 0 Å². The second-order valence-electron chi connectivity index (χ2n) is 4.96. The molecule has 3 rings (SSSR count). The molecule has 0 aliphatic rings. The van der Waals surface area contributed by atoms with E-state index in [0.717, 1.165) is 0 Å². The van der Waals surface area contributed by atoms with E-state index in [1.165, 1.54) is 24.3 Å². The molecule has 2 aromatic carbocycles. The Hall–Kier alpha value is -2.80. The largest absolute Gasteiger partial charge is 0.274 e. The predicted octanol–water partition coefficient (Wildman–Crippen LogP) is 3.12. The van der Waals surface area contributed by atoms with Crippen molar-refractivity contribution < 1.29 is 13.3 Å². The molecule has 0 aliphatic carbocycles. The highest BCUT2D eigenvalue weighted by Crippen LogP contribution is 2.30. The van der Waals surface area contributed by atoms with E-state index in [1.807, 2.05) is 0 Å². The first-order valence-electron chi connectivity index (χ1n) is 6.78. The highest BCUT2D eigenvalue weighted by molar-refractivity contribution is 7.90. The number of hydrogen-bond acceptors (Lipinski definition) is 5. The van der Waals surface area contributed by atoms with E-state index in [9.17, 15) is 18.5 Å². The van der Waals surface area contributed by atoms with E-state index >= 15 is 0 Å². The summed E-state index contributed by atoms with van der Waals surface area (Å²) in [5, 5.41) is 11.8. The smallest absolute Gasteiger partial charge is 0.258 e. The van der Waals surface area contributed by atoms with Gasteiger partial charge in [-0.3, -0.25) is 15.1 Å². The van der Waals surface area contributed by atoms with E-state index in [2.05, 4.69) is 4.98 Å². The van der Waals surface area contributed by atoms with Crippen LogP contribution in [0.2, 0.25) is 0 Å². The maximum Gasteiger partial charge on any atom is 0.274 e. The minimum Gasteiger partial charge on any atom is -0.258 e. The minimum absolute atomic E-state index is 0.134. The standard InChI is InChI=1S/C16H12N2O4S/c19-18(20)16-9-8-15-13(7-4-10-17-15)14(16)11-23(21,22)12-5-2-1-3-6-12/h1-10H,11H2. The molecule has 0 amide bonds. The van der Waals surface area contributed by atoms with E-state index in [1.54, 1.807) is 36.5 Å². The average Bonchev–Trinajstić information content (AvgIpc) is 2.55. The third-order valence-electron chi connectivity index (χ3n) is 3.51. The van der Waals surface area contributed by atoms with Crippen LogP contribution in [0.3, 0.4) is 0 Å². The highest BCUT2D eigenvalue weighted by Gasteiger charge is 2.24. The molecule has 0 radical (unpaired) electrons. The summed E-state index contributed by atoms with van der Waals surface area (Å²) in [5.74, 6) is -0.448. The number of pyridine rings is 1. The molecule has 1 heterocycles. The lowest BCUT2D eigenvalue weighted by Crippen LogP contribution is -2.07. The molecule has 0 bridgehead atoms. The molecule has 6 nitrogen and oxygen atoms in total. The molecular formula is C16H12N2O4S. The van der Waals surface area contributed by atoms with Crippen molar-refractivity contribution in [2.75, 3.05) is 0 Å². The van der Waals surface area contributed by atoms with Gasteiger partial charge in [0.25, 0.3) is 5.69 Å². The van der Waals surface area contributed by atoms with Gasteiger partial charge >= 0.3 is 0 Å².